The van der Waals surface area contributed by atoms with Crippen LogP contribution in [0.1, 0.15) is 61.9 Å². The monoisotopic (exact) mass is 287 g/mol. The SMILES string of the molecule is Cc1nn(C)c(C)c1/C=C(/CNC1CC1)C1CCCCC1. The molecule has 0 saturated heterocycles. The minimum atomic E-state index is 0.781. The topological polar surface area (TPSA) is 29.9 Å². The van der Waals surface area contributed by atoms with E-state index in [2.05, 4.69) is 30.3 Å². The van der Waals surface area contributed by atoms with Crippen molar-refractivity contribution in [1.29, 1.82) is 0 Å². The van der Waals surface area contributed by atoms with E-state index in [-0.39, 0.29) is 0 Å². The van der Waals surface area contributed by atoms with Crippen LogP contribution in [0.4, 0.5) is 0 Å². The van der Waals surface area contributed by atoms with E-state index in [1.807, 2.05) is 11.7 Å². The highest BCUT2D eigenvalue weighted by Gasteiger charge is 2.24. The van der Waals surface area contributed by atoms with Gasteiger partial charge in [-0.2, -0.15) is 5.10 Å². The van der Waals surface area contributed by atoms with Crippen molar-refractivity contribution in [2.75, 3.05) is 6.54 Å². The van der Waals surface area contributed by atoms with Gasteiger partial charge in [-0.05, 0) is 45.4 Å². The fourth-order valence-corrected chi connectivity index (χ4v) is 3.52. The van der Waals surface area contributed by atoms with E-state index in [0.717, 1.165) is 24.2 Å². The molecule has 1 aromatic rings. The van der Waals surface area contributed by atoms with E-state index in [0.29, 0.717) is 0 Å². The zero-order valence-electron chi connectivity index (χ0n) is 13.8. The summed E-state index contributed by atoms with van der Waals surface area (Å²) in [6, 6.07) is 0.785. The molecule has 0 bridgehead atoms. The number of rotatable bonds is 5. The molecular formula is C18H29N3. The van der Waals surface area contributed by atoms with Gasteiger partial charge in [-0.25, -0.2) is 0 Å². The largest absolute Gasteiger partial charge is 0.310 e. The Morgan fingerprint density at radius 3 is 2.48 bits per heavy atom. The van der Waals surface area contributed by atoms with Crippen LogP contribution in [0.15, 0.2) is 5.57 Å². The minimum Gasteiger partial charge on any atom is -0.310 e. The lowest BCUT2D eigenvalue weighted by Gasteiger charge is -2.25. The highest BCUT2D eigenvalue weighted by Crippen LogP contribution is 2.32. The quantitative estimate of drug-likeness (QED) is 0.894. The van der Waals surface area contributed by atoms with Gasteiger partial charge in [-0.3, -0.25) is 4.68 Å². The van der Waals surface area contributed by atoms with Gasteiger partial charge in [0.15, 0.2) is 0 Å². The van der Waals surface area contributed by atoms with Crippen LogP contribution in [-0.4, -0.2) is 22.4 Å². The Labute approximate surface area is 128 Å². The van der Waals surface area contributed by atoms with Gasteiger partial charge < -0.3 is 5.32 Å². The smallest absolute Gasteiger partial charge is 0.0668 e. The first-order valence-corrected chi connectivity index (χ1v) is 8.59. The summed E-state index contributed by atoms with van der Waals surface area (Å²) in [5, 5.41) is 8.29. The minimum absolute atomic E-state index is 0.781. The Morgan fingerprint density at radius 2 is 1.90 bits per heavy atom. The van der Waals surface area contributed by atoms with Crippen molar-refractivity contribution >= 4 is 6.08 Å². The van der Waals surface area contributed by atoms with Gasteiger partial charge in [0.25, 0.3) is 0 Å². The van der Waals surface area contributed by atoms with Crippen LogP contribution < -0.4 is 5.32 Å². The van der Waals surface area contributed by atoms with Crippen molar-refractivity contribution < 1.29 is 0 Å². The summed E-state index contributed by atoms with van der Waals surface area (Å²) in [6.07, 6.45) is 12.1. The second-order valence-electron chi connectivity index (χ2n) is 6.92. The maximum atomic E-state index is 4.57. The van der Waals surface area contributed by atoms with E-state index >= 15 is 0 Å². The van der Waals surface area contributed by atoms with Crippen molar-refractivity contribution in [3.8, 4) is 0 Å². The van der Waals surface area contributed by atoms with Gasteiger partial charge in [0.05, 0.1) is 5.69 Å². The van der Waals surface area contributed by atoms with Crippen LogP contribution in [0.3, 0.4) is 0 Å². The Balaban J connectivity index is 1.82. The van der Waals surface area contributed by atoms with Crippen LogP contribution >= 0.6 is 0 Å². The third-order valence-electron chi connectivity index (χ3n) is 5.20. The predicted octanol–water partition coefficient (Wildman–Crippen LogP) is 3.75. The van der Waals surface area contributed by atoms with Crippen molar-refractivity contribution in [2.45, 2.75) is 64.8 Å². The van der Waals surface area contributed by atoms with E-state index < -0.39 is 0 Å². The van der Waals surface area contributed by atoms with E-state index in [9.17, 15) is 0 Å². The van der Waals surface area contributed by atoms with Gasteiger partial charge in [-0.1, -0.05) is 30.9 Å². The molecule has 0 aromatic carbocycles. The molecule has 2 aliphatic rings. The molecule has 3 nitrogen and oxygen atoms in total. The summed E-state index contributed by atoms with van der Waals surface area (Å²) in [5.74, 6) is 0.781. The lowest BCUT2D eigenvalue weighted by molar-refractivity contribution is 0.396. The first kappa shape index (κ1) is 14.8. The Morgan fingerprint density at radius 1 is 1.19 bits per heavy atom. The molecule has 0 amide bonds. The van der Waals surface area contributed by atoms with Crippen LogP contribution in [0.2, 0.25) is 0 Å². The number of hydrogen-bond acceptors (Lipinski definition) is 2. The zero-order valence-corrected chi connectivity index (χ0v) is 13.8. The summed E-state index contributed by atoms with van der Waals surface area (Å²) in [4.78, 5) is 0. The summed E-state index contributed by atoms with van der Waals surface area (Å²) >= 11 is 0. The molecule has 0 spiro atoms. The fourth-order valence-electron chi connectivity index (χ4n) is 3.52. The highest BCUT2D eigenvalue weighted by molar-refractivity contribution is 5.58. The summed E-state index contributed by atoms with van der Waals surface area (Å²) in [7, 11) is 2.04. The summed E-state index contributed by atoms with van der Waals surface area (Å²) in [5.41, 5.74) is 5.40. The lowest BCUT2D eigenvalue weighted by Crippen LogP contribution is -2.24. The van der Waals surface area contributed by atoms with E-state index in [1.165, 1.54) is 56.2 Å². The number of aryl methyl sites for hydroxylation is 2. The third kappa shape index (κ3) is 3.57. The lowest BCUT2D eigenvalue weighted by atomic mass is 9.83. The van der Waals surface area contributed by atoms with Crippen LogP contribution in [0.25, 0.3) is 6.08 Å². The predicted molar refractivity (Wildman–Crippen MR) is 88.3 cm³/mol. The van der Waals surface area contributed by atoms with Gasteiger partial charge in [0.1, 0.15) is 0 Å². The molecule has 1 heterocycles. The fraction of sp³-hybridized carbons (Fsp3) is 0.722. The average molecular weight is 287 g/mol. The normalized spacial score (nSPS) is 21.0. The van der Waals surface area contributed by atoms with E-state index in [4.69, 9.17) is 0 Å². The van der Waals surface area contributed by atoms with Gasteiger partial charge in [-0.15, -0.1) is 0 Å². The van der Waals surface area contributed by atoms with Gasteiger partial charge in [0, 0.05) is 30.9 Å². The number of hydrogen-bond donors (Lipinski definition) is 1. The molecule has 3 heteroatoms. The maximum absolute atomic E-state index is 4.57. The molecule has 1 aromatic heterocycles. The Kier molecular flexibility index (Phi) is 4.48. The molecule has 116 valence electrons. The second kappa shape index (κ2) is 6.35. The Bertz CT molecular complexity index is 517. The number of nitrogens with zero attached hydrogens (tertiary/aromatic N) is 2. The molecule has 0 atom stereocenters. The highest BCUT2D eigenvalue weighted by atomic mass is 15.3. The number of nitrogens with one attached hydrogen (secondary N) is 1. The first-order valence-electron chi connectivity index (χ1n) is 8.59. The molecule has 0 unspecified atom stereocenters. The summed E-state index contributed by atoms with van der Waals surface area (Å²) < 4.78 is 2.01. The third-order valence-corrected chi connectivity index (χ3v) is 5.20. The molecule has 0 aliphatic heterocycles. The van der Waals surface area contributed by atoms with E-state index in [1.54, 1.807) is 5.57 Å². The van der Waals surface area contributed by atoms with Gasteiger partial charge in [0.2, 0.25) is 0 Å². The van der Waals surface area contributed by atoms with Crippen LogP contribution in [-0.2, 0) is 7.05 Å². The molecule has 2 aliphatic carbocycles. The molecule has 21 heavy (non-hydrogen) atoms. The van der Waals surface area contributed by atoms with Crippen molar-refractivity contribution in [3.05, 3.63) is 22.5 Å². The van der Waals surface area contributed by atoms with Crippen molar-refractivity contribution in [2.24, 2.45) is 13.0 Å². The first-order chi connectivity index (χ1) is 10.1. The molecule has 1 N–H and O–H groups in total. The molecule has 2 fully saturated rings. The van der Waals surface area contributed by atoms with Crippen LogP contribution in [0.5, 0.6) is 0 Å². The molecule has 3 rings (SSSR count). The zero-order chi connectivity index (χ0) is 14.8. The average Bonchev–Trinajstić information content (AvgIpc) is 3.28. The summed E-state index contributed by atoms with van der Waals surface area (Å²) in [6.45, 7) is 5.38. The standard InChI is InChI=1S/C18H29N3/c1-13-18(14(2)21(3)20-13)11-16(12-19-17-9-10-17)15-7-5-4-6-8-15/h11,15,17,19H,4-10,12H2,1-3H3/b16-11-. The van der Waals surface area contributed by atoms with Gasteiger partial charge >= 0.3 is 0 Å². The maximum Gasteiger partial charge on any atom is 0.0668 e. The second-order valence-corrected chi connectivity index (χ2v) is 6.92. The molecular weight excluding hydrogens is 258 g/mol. The van der Waals surface area contributed by atoms with Crippen LogP contribution in [0, 0.1) is 19.8 Å². The Hall–Kier alpha value is -1.09. The number of aromatic nitrogens is 2. The molecule has 0 radical (unpaired) electrons. The molecule has 2 saturated carbocycles. The van der Waals surface area contributed by atoms with Crippen molar-refractivity contribution in [3.63, 3.8) is 0 Å². The van der Waals surface area contributed by atoms with Crippen molar-refractivity contribution in [1.82, 2.24) is 15.1 Å².